The van der Waals surface area contributed by atoms with E-state index >= 15 is 0 Å². The first-order valence-electron chi connectivity index (χ1n) is 12.1. The summed E-state index contributed by atoms with van der Waals surface area (Å²) in [5.74, 6) is -2.51. The summed E-state index contributed by atoms with van der Waals surface area (Å²) in [7, 11) is 0. The molecule has 8 heteroatoms. The van der Waals surface area contributed by atoms with Crippen molar-refractivity contribution < 1.29 is 39.2 Å². The topological polar surface area (TPSA) is 138 Å². The summed E-state index contributed by atoms with van der Waals surface area (Å²) in [5.41, 5.74) is -2.04. The van der Waals surface area contributed by atoms with E-state index in [0.29, 0.717) is 6.42 Å². The fourth-order valence-corrected chi connectivity index (χ4v) is 7.76. The highest BCUT2D eigenvalue weighted by molar-refractivity contribution is 6.01. The van der Waals surface area contributed by atoms with Crippen LogP contribution in [0, 0.1) is 34.5 Å². The molecule has 0 heterocycles. The van der Waals surface area contributed by atoms with Gasteiger partial charge in [0.25, 0.3) is 0 Å². The van der Waals surface area contributed by atoms with Crippen molar-refractivity contribution in [1.82, 2.24) is 0 Å². The molecule has 0 aromatic rings. The molecule has 0 bridgehead atoms. The molecular weight excluding hydrogens is 440 g/mol. The fourth-order valence-electron chi connectivity index (χ4n) is 7.76. The van der Waals surface area contributed by atoms with Gasteiger partial charge < -0.3 is 20.1 Å². The number of carbonyl (C=O) groups excluding carboxylic acids is 3. The summed E-state index contributed by atoms with van der Waals surface area (Å²) in [6.45, 7) is 5.40. The molecule has 3 saturated carbocycles. The number of Topliss-reactive ketones (excluding diaryl/α,β-unsaturated/α-hetero) is 1. The summed E-state index contributed by atoms with van der Waals surface area (Å²) >= 11 is 0. The first-order valence-corrected chi connectivity index (χ1v) is 12.1. The summed E-state index contributed by atoms with van der Waals surface area (Å²) in [6, 6.07) is 0. The van der Waals surface area contributed by atoms with Crippen LogP contribution < -0.4 is 0 Å². The molecule has 34 heavy (non-hydrogen) atoms. The number of hydrogen-bond acceptors (Lipinski definition) is 7. The SMILES string of the molecule is C[C@H]1CC2[C@@H]([C@@H](O)C[C@@]3(C)[C@H]2CC[C@]3(O)C(=O)COC(=O)CCC(=O)O)[C@@]2(C)C=CC(=O)C=C12. The first-order chi connectivity index (χ1) is 15.8. The molecule has 3 fully saturated rings. The number of aliphatic hydroxyl groups is 2. The van der Waals surface area contributed by atoms with Gasteiger partial charge in [-0.1, -0.05) is 32.4 Å². The Morgan fingerprint density at radius 2 is 1.91 bits per heavy atom. The number of carboxylic acid groups (broad SMARTS) is 1. The number of rotatable bonds is 6. The Morgan fingerprint density at radius 1 is 1.21 bits per heavy atom. The van der Waals surface area contributed by atoms with E-state index in [4.69, 9.17) is 9.84 Å². The van der Waals surface area contributed by atoms with E-state index in [-0.39, 0.29) is 55.1 Å². The van der Waals surface area contributed by atoms with Gasteiger partial charge in [-0.15, -0.1) is 0 Å². The Bertz CT molecular complexity index is 981. The molecule has 0 aromatic carbocycles. The predicted molar refractivity (Wildman–Crippen MR) is 120 cm³/mol. The number of esters is 1. The molecule has 1 unspecified atom stereocenters. The van der Waals surface area contributed by atoms with E-state index in [2.05, 4.69) is 13.8 Å². The predicted octanol–water partition coefficient (Wildman–Crippen LogP) is 2.22. The number of aliphatic carboxylic acids is 1. The Hall–Kier alpha value is -2.32. The highest BCUT2D eigenvalue weighted by atomic mass is 16.5. The quantitative estimate of drug-likeness (QED) is 0.498. The van der Waals surface area contributed by atoms with Crippen LogP contribution in [-0.2, 0) is 23.9 Å². The van der Waals surface area contributed by atoms with Crippen LogP contribution in [0.3, 0.4) is 0 Å². The van der Waals surface area contributed by atoms with E-state index in [1.54, 1.807) is 12.2 Å². The van der Waals surface area contributed by atoms with Gasteiger partial charge in [-0.3, -0.25) is 19.2 Å². The second-order valence-corrected chi connectivity index (χ2v) is 11.1. The number of ether oxygens (including phenoxy) is 1. The third-order valence-corrected chi connectivity index (χ3v) is 9.34. The van der Waals surface area contributed by atoms with Gasteiger partial charge in [0.2, 0.25) is 5.78 Å². The van der Waals surface area contributed by atoms with Gasteiger partial charge in [0.05, 0.1) is 18.9 Å². The van der Waals surface area contributed by atoms with E-state index in [1.165, 1.54) is 0 Å². The molecule has 186 valence electrons. The highest BCUT2D eigenvalue weighted by Gasteiger charge is 2.68. The summed E-state index contributed by atoms with van der Waals surface area (Å²) in [5, 5.41) is 31.7. The van der Waals surface area contributed by atoms with Crippen LogP contribution in [0.1, 0.15) is 59.3 Å². The van der Waals surface area contributed by atoms with Gasteiger partial charge >= 0.3 is 11.9 Å². The molecule has 4 aliphatic rings. The van der Waals surface area contributed by atoms with Crippen molar-refractivity contribution in [3.05, 3.63) is 23.8 Å². The summed E-state index contributed by atoms with van der Waals surface area (Å²) < 4.78 is 4.98. The maximum atomic E-state index is 13.1. The number of carboxylic acids is 1. The van der Waals surface area contributed by atoms with Crippen LogP contribution in [0.25, 0.3) is 0 Å². The number of hydrogen-bond donors (Lipinski definition) is 3. The number of fused-ring (bicyclic) bond motifs is 5. The Balaban J connectivity index is 1.56. The lowest BCUT2D eigenvalue weighted by Crippen LogP contribution is -2.62. The lowest BCUT2D eigenvalue weighted by molar-refractivity contribution is -0.182. The van der Waals surface area contributed by atoms with Gasteiger partial charge in [-0.2, -0.15) is 0 Å². The molecule has 0 spiro atoms. The molecule has 0 amide bonds. The monoisotopic (exact) mass is 474 g/mol. The van der Waals surface area contributed by atoms with Crippen LogP contribution >= 0.6 is 0 Å². The number of carbonyl (C=O) groups is 4. The third kappa shape index (κ3) is 3.66. The van der Waals surface area contributed by atoms with Crippen molar-refractivity contribution >= 4 is 23.5 Å². The summed E-state index contributed by atoms with van der Waals surface area (Å²) in [6.07, 6.45) is 5.52. The van der Waals surface area contributed by atoms with Gasteiger partial charge in [-0.25, -0.2) is 0 Å². The lowest BCUT2D eigenvalue weighted by atomic mass is 9.45. The minimum Gasteiger partial charge on any atom is -0.481 e. The molecule has 0 aromatic heterocycles. The number of aliphatic hydroxyl groups excluding tert-OH is 1. The van der Waals surface area contributed by atoms with Crippen LogP contribution in [0.15, 0.2) is 23.8 Å². The van der Waals surface area contributed by atoms with Crippen molar-refractivity contribution in [2.45, 2.75) is 71.0 Å². The van der Waals surface area contributed by atoms with Crippen molar-refractivity contribution in [2.75, 3.05) is 6.61 Å². The van der Waals surface area contributed by atoms with Crippen LogP contribution in [0.2, 0.25) is 0 Å². The number of allylic oxidation sites excluding steroid dienone is 4. The van der Waals surface area contributed by atoms with Crippen molar-refractivity contribution in [3.8, 4) is 0 Å². The van der Waals surface area contributed by atoms with Gasteiger partial charge in [0, 0.05) is 16.7 Å². The molecule has 0 radical (unpaired) electrons. The van der Waals surface area contributed by atoms with Gasteiger partial charge in [0.15, 0.2) is 12.4 Å². The molecule has 8 nitrogen and oxygen atoms in total. The number of ketones is 2. The largest absolute Gasteiger partial charge is 0.481 e. The van der Waals surface area contributed by atoms with Crippen molar-refractivity contribution in [1.29, 1.82) is 0 Å². The fraction of sp³-hybridized carbons (Fsp3) is 0.692. The maximum Gasteiger partial charge on any atom is 0.306 e. The van der Waals surface area contributed by atoms with Gasteiger partial charge in [0.1, 0.15) is 5.60 Å². The molecule has 3 N–H and O–H groups in total. The third-order valence-electron chi connectivity index (χ3n) is 9.34. The van der Waals surface area contributed by atoms with E-state index in [9.17, 15) is 29.4 Å². The lowest BCUT2D eigenvalue weighted by Gasteiger charge is -2.60. The normalized spacial score (nSPS) is 42.8. The van der Waals surface area contributed by atoms with Crippen molar-refractivity contribution in [3.63, 3.8) is 0 Å². The zero-order valence-electron chi connectivity index (χ0n) is 20.0. The Kier molecular flexibility index (Phi) is 6.13. The maximum absolute atomic E-state index is 13.1. The van der Waals surface area contributed by atoms with Crippen LogP contribution in [0.5, 0.6) is 0 Å². The molecule has 4 rings (SSSR count). The summed E-state index contributed by atoms with van der Waals surface area (Å²) in [4.78, 5) is 47.7. The Morgan fingerprint density at radius 3 is 2.59 bits per heavy atom. The highest BCUT2D eigenvalue weighted by Crippen LogP contribution is 2.67. The van der Waals surface area contributed by atoms with E-state index in [0.717, 1.165) is 12.0 Å². The molecule has 0 aliphatic heterocycles. The minimum atomic E-state index is -1.74. The second kappa shape index (κ2) is 8.41. The average molecular weight is 475 g/mol. The molecular formula is C26H34O8. The zero-order chi connectivity index (χ0) is 25.1. The first kappa shape index (κ1) is 24.8. The van der Waals surface area contributed by atoms with Crippen molar-refractivity contribution in [2.24, 2.45) is 34.5 Å². The molecule has 8 atom stereocenters. The second-order valence-electron chi connectivity index (χ2n) is 11.1. The van der Waals surface area contributed by atoms with Crippen LogP contribution in [-0.4, -0.2) is 57.1 Å². The Labute approximate surface area is 199 Å². The molecule has 4 aliphatic carbocycles. The smallest absolute Gasteiger partial charge is 0.306 e. The van der Waals surface area contributed by atoms with Gasteiger partial charge in [-0.05, 0) is 55.6 Å². The molecule has 0 saturated heterocycles. The standard InChI is InChI=1S/C26H34O8/c1-14-10-16-17-7-9-26(33,20(29)13-34-22(32)5-4-21(30)31)25(17,3)12-19(28)23(16)24(2)8-6-15(27)11-18(14)24/h6,8,11,14,16-17,19,23,28,33H,4-5,7,9-10,12-13H2,1-3H3,(H,30,31)/t14-,16?,17-,19-,23-,24-,25-,26-/m0/s1. The minimum absolute atomic E-state index is 0.00980. The average Bonchev–Trinajstić information content (AvgIpc) is 3.03. The van der Waals surface area contributed by atoms with Crippen LogP contribution in [0.4, 0.5) is 0 Å². The zero-order valence-corrected chi connectivity index (χ0v) is 20.0. The van der Waals surface area contributed by atoms with E-state index in [1.807, 2.05) is 13.0 Å². The van der Waals surface area contributed by atoms with E-state index < -0.39 is 46.9 Å².